The summed E-state index contributed by atoms with van der Waals surface area (Å²) in [4.78, 5) is 29.1. The molecule has 0 unspecified atom stereocenters. The van der Waals surface area contributed by atoms with Gasteiger partial charge < -0.3 is 20.3 Å². The number of hydrogen-bond acceptors (Lipinski definition) is 4. The predicted octanol–water partition coefficient (Wildman–Crippen LogP) is 1.42. The first kappa shape index (κ1) is 17.7. The van der Waals surface area contributed by atoms with Gasteiger partial charge >= 0.3 is 0 Å². The van der Waals surface area contributed by atoms with Crippen LogP contribution in [0.1, 0.15) is 35.2 Å². The molecule has 2 aliphatic heterocycles. The number of fused-ring (bicyclic) bond motifs is 1. The van der Waals surface area contributed by atoms with Crippen molar-refractivity contribution in [1.29, 1.82) is 0 Å². The Morgan fingerprint density at radius 2 is 2.16 bits per heavy atom. The number of piperidine rings is 2. The van der Waals surface area contributed by atoms with Gasteiger partial charge in [-0.1, -0.05) is 12.1 Å². The Kier molecular flexibility index (Phi) is 5.27. The fraction of sp³-hybridized carbons (Fsp3) is 0.579. The summed E-state index contributed by atoms with van der Waals surface area (Å²) in [7, 11) is 1.59. The van der Waals surface area contributed by atoms with E-state index in [9.17, 15) is 9.59 Å². The molecule has 2 saturated heterocycles. The number of benzene rings is 1. The average Bonchev–Trinajstić information content (AvgIpc) is 2.63. The summed E-state index contributed by atoms with van der Waals surface area (Å²) in [5.74, 6) is 1.18. The molecule has 0 bridgehead atoms. The third kappa shape index (κ3) is 3.35. The summed E-state index contributed by atoms with van der Waals surface area (Å²) >= 11 is 0. The largest absolute Gasteiger partial charge is 0.496 e. The number of methoxy groups -OCH3 is 1. The van der Waals surface area contributed by atoms with Crippen molar-refractivity contribution in [1.82, 2.24) is 9.80 Å². The number of carbonyl (C=O) groups excluding carboxylic acids is 2. The molecular formula is C19H27N3O3. The summed E-state index contributed by atoms with van der Waals surface area (Å²) in [5.41, 5.74) is 7.24. The maximum absolute atomic E-state index is 13.1. The number of hydrogen-bond donors (Lipinski definition) is 1. The van der Waals surface area contributed by atoms with Crippen LogP contribution in [-0.2, 0) is 4.79 Å². The van der Waals surface area contributed by atoms with Gasteiger partial charge in [0, 0.05) is 38.6 Å². The highest BCUT2D eigenvalue weighted by Gasteiger charge is 2.40. The van der Waals surface area contributed by atoms with Crippen LogP contribution in [-0.4, -0.2) is 60.9 Å². The minimum absolute atomic E-state index is 0.0238. The lowest BCUT2D eigenvalue weighted by atomic mass is 9.83. The van der Waals surface area contributed by atoms with Crippen LogP contribution in [0.4, 0.5) is 0 Å². The van der Waals surface area contributed by atoms with Crippen LogP contribution in [0.25, 0.3) is 0 Å². The number of nitrogens with zero attached hydrogens (tertiary/aromatic N) is 2. The van der Waals surface area contributed by atoms with E-state index >= 15 is 0 Å². The van der Waals surface area contributed by atoms with Gasteiger partial charge in [-0.2, -0.15) is 0 Å². The molecule has 6 heteroatoms. The van der Waals surface area contributed by atoms with Gasteiger partial charge in [0.25, 0.3) is 5.91 Å². The van der Waals surface area contributed by atoms with Gasteiger partial charge in [-0.25, -0.2) is 0 Å². The number of amides is 2. The van der Waals surface area contributed by atoms with Crippen LogP contribution >= 0.6 is 0 Å². The Balaban J connectivity index is 1.77. The second-order valence-corrected chi connectivity index (χ2v) is 6.93. The standard InChI is InChI=1S/C19H27N3O3/c1-13-4-3-5-16(25-2)18(13)19(24)21-10-8-15-14(12-21)6-7-17(23)22(15)11-9-20/h3-5,14-15H,6-12,20H2,1-2H3/t14-,15+/m0/s1. The lowest BCUT2D eigenvalue weighted by Crippen LogP contribution is -2.57. The van der Waals surface area contributed by atoms with Crippen molar-refractivity contribution in [2.45, 2.75) is 32.2 Å². The lowest BCUT2D eigenvalue weighted by Gasteiger charge is -2.47. The Hall–Kier alpha value is -2.08. The number of rotatable bonds is 4. The maximum atomic E-state index is 13.1. The number of ether oxygens (including phenoxy) is 1. The van der Waals surface area contributed by atoms with Gasteiger partial charge in [0.15, 0.2) is 0 Å². The van der Waals surface area contributed by atoms with E-state index in [1.54, 1.807) is 7.11 Å². The Morgan fingerprint density at radius 3 is 2.88 bits per heavy atom. The summed E-state index contributed by atoms with van der Waals surface area (Å²) in [6.07, 6.45) is 2.21. The second-order valence-electron chi connectivity index (χ2n) is 6.93. The van der Waals surface area contributed by atoms with Crippen molar-refractivity contribution in [3.63, 3.8) is 0 Å². The van der Waals surface area contributed by atoms with E-state index in [4.69, 9.17) is 10.5 Å². The number of nitrogens with two attached hydrogens (primary N) is 1. The summed E-state index contributed by atoms with van der Waals surface area (Å²) in [6.45, 7) is 4.38. The quantitative estimate of drug-likeness (QED) is 0.895. The van der Waals surface area contributed by atoms with Crippen LogP contribution in [0, 0.1) is 12.8 Å². The minimum atomic E-state index is 0.0238. The molecule has 2 aliphatic rings. The van der Waals surface area contributed by atoms with Crippen LogP contribution in [0.15, 0.2) is 18.2 Å². The highest BCUT2D eigenvalue weighted by Crippen LogP contribution is 2.33. The Labute approximate surface area is 148 Å². The summed E-state index contributed by atoms with van der Waals surface area (Å²) in [5, 5.41) is 0. The van der Waals surface area contributed by atoms with E-state index in [-0.39, 0.29) is 17.9 Å². The first-order valence-corrected chi connectivity index (χ1v) is 8.99. The summed E-state index contributed by atoms with van der Waals surface area (Å²) < 4.78 is 5.39. The van der Waals surface area contributed by atoms with Gasteiger partial charge in [-0.15, -0.1) is 0 Å². The van der Waals surface area contributed by atoms with E-state index in [1.807, 2.05) is 34.9 Å². The highest BCUT2D eigenvalue weighted by molar-refractivity contribution is 5.98. The molecule has 0 aliphatic carbocycles. The molecule has 0 spiro atoms. The van der Waals surface area contributed by atoms with Crippen LogP contribution in [0.3, 0.4) is 0 Å². The monoisotopic (exact) mass is 345 g/mol. The zero-order valence-electron chi connectivity index (χ0n) is 15.0. The van der Waals surface area contributed by atoms with E-state index in [0.717, 1.165) is 18.4 Å². The molecule has 1 aromatic rings. The Bertz CT molecular complexity index is 661. The number of aryl methyl sites for hydroxylation is 1. The molecule has 2 atom stereocenters. The zero-order valence-corrected chi connectivity index (χ0v) is 15.0. The third-order valence-corrected chi connectivity index (χ3v) is 5.47. The molecule has 6 nitrogen and oxygen atoms in total. The normalized spacial score (nSPS) is 23.4. The predicted molar refractivity (Wildman–Crippen MR) is 95.5 cm³/mol. The van der Waals surface area contributed by atoms with Crippen LogP contribution < -0.4 is 10.5 Å². The molecule has 136 valence electrons. The smallest absolute Gasteiger partial charge is 0.257 e. The third-order valence-electron chi connectivity index (χ3n) is 5.47. The molecule has 0 saturated carbocycles. The molecule has 2 heterocycles. The molecule has 25 heavy (non-hydrogen) atoms. The Morgan fingerprint density at radius 1 is 1.36 bits per heavy atom. The number of likely N-dealkylation sites (tertiary alicyclic amines) is 2. The van der Waals surface area contributed by atoms with Crippen molar-refractivity contribution < 1.29 is 14.3 Å². The molecule has 1 aromatic carbocycles. The van der Waals surface area contributed by atoms with Crippen molar-refractivity contribution in [2.75, 3.05) is 33.3 Å². The van der Waals surface area contributed by atoms with Crippen LogP contribution in [0.2, 0.25) is 0 Å². The molecule has 3 rings (SSSR count). The molecule has 2 N–H and O–H groups in total. The molecule has 0 radical (unpaired) electrons. The number of carbonyl (C=O) groups is 2. The topological polar surface area (TPSA) is 75.9 Å². The van der Waals surface area contributed by atoms with Crippen molar-refractivity contribution in [3.8, 4) is 5.75 Å². The van der Waals surface area contributed by atoms with E-state index < -0.39 is 0 Å². The SMILES string of the molecule is COc1cccc(C)c1C(=O)N1CC[C@@H]2[C@@H](CCC(=O)N2CCN)C1. The average molecular weight is 345 g/mol. The van der Waals surface area contributed by atoms with E-state index in [0.29, 0.717) is 49.8 Å². The van der Waals surface area contributed by atoms with Gasteiger partial charge in [-0.3, -0.25) is 9.59 Å². The first-order chi connectivity index (χ1) is 12.1. The molecule has 2 fully saturated rings. The maximum Gasteiger partial charge on any atom is 0.257 e. The highest BCUT2D eigenvalue weighted by atomic mass is 16.5. The van der Waals surface area contributed by atoms with Gasteiger partial charge in [0.1, 0.15) is 5.75 Å². The van der Waals surface area contributed by atoms with Gasteiger partial charge in [0.2, 0.25) is 5.91 Å². The second kappa shape index (κ2) is 7.44. The fourth-order valence-corrected chi connectivity index (χ4v) is 4.21. The molecular weight excluding hydrogens is 318 g/mol. The zero-order chi connectivity index (χ0) is 18.0. The van der Waals surface area contributed by atoms with Crippen molar-refractivity contribution in [2.24, 2.45) is 11.7 Å². The van der Waals surface area contributed by atoms with E-state index in [1.165, 1.54) is 0 Å². The minimum Gasteiger partial charge on any atom is -0.496 e. The van der Waals surface area contributed by atoms with Gasteiger partial charge in [0.05, 0.1) is 12.7 Å². The summed E-state index contributed by atoms with van der Waals surface area (Å²) in [6, 6.07) is 5.88. The lowest BCUT2D eigenvalue weighted by molar-refractivity contribution is -0.140. The molecule has 0 aromatic heterocycles. The molecule has 2 amide bonds. The van der Waals surface area contributed by atoms with Crippen LogP contribution in [0.5, 0.6) is 5.75 Å². The van der Waals surface area contributed by atoms with Crippen molar-refractivity contribution >= 4 is 11.8 Å². The van der Waals surface area contributed by atoms with Gasteiger partial charge in [-0.05, 0) is 37.3 Å². The van der Waals surface area contributed by atoms with E-state index in [2.05, 4.69) is 0 Å². The first-order valence-electron chi connectivity index (χ1n) is 8.99. The fourth-order valence-electron chi connectivity index (χ4n) is 4.21. The van der Waals surface area contributed by atoms with Crippen molar-refractivity contribution in [3.05, 3.63) is 29.3 Å².